The van der Waals surface area contributed by atoms with Gasteiger partial charge >= 0.3 is 0 Å². The van der Waals surface area contributed by atoms with Gasteiger partial charge in [-0.25, -0.2) is 0 Å². The summed E-state index contributed by atoms with van der Waals surface area (Å²) in [4.78, 5) is 12.3. The fraction of sp³-hybridized carbons (Fsp3) is 0.462. The van der Waals surface area contributed by atoms with E-state index >= 15 is 0 Å². The van der Waals surface area contributed by atoms with Crippen LogP contribution in [-0.2, 0) is 4.74 Å². The Morgan fingerprint density at radius 2 is 2.16 bits per heavy atom. The SMILES string of the molecule is Nc1cc(Br)ccc1C(=O)NC1(CO)CCOCC1. The number of aliphatic hydroxyl groups excluding tert-OH is 1. The van der Waals surface area contributed by atoms with Gasteiger partial charge in [0, 0.05) is 23.4 Å². The molecule has 2 rings (SSSR count). The molecule has 1 amide bonds. The molecule has 1 aliphatic rings. The number of carbonyl (C=O) groups is 1. The number of rotatable bonds is 3. The number of halogens is 1. The minimum absolute atomic E-state index is 0.0987. The number of hydrogen-bond donors (Lipinski definition) is 3. The lowest BCUT2D eigenvalue weighted by molar-refractivity contribution is 0.0125. The average molecular weight is 329 g/mol. The number of amides is 1. The Bertz CT molecular complexity index is 473. The van der Waals surface area contributed by atoms with Crippen LogP contribution in [0.25, 0.3) is 0 Å². The predicted octanol–water partition coefficient (Wildman–Crippen LogP) is 1.30. The predicted molar refractivity (Wildman–Crippen MR) is 75.9 cm³/mol. The molecule has 0 aliphatic carbocycles. The van der Waals surface area contributed by atoms with Crippen molar-refractivity contribution in [3.8, 4) is 0 Å². The number of hydrogen-bond acceptors (Lipinski definition) is 4. The highest BCUT2D eigenvalue weighted by molar-refractivity contribution is 9.10. The molecule has 4 N–H and O–H groups in total. The molecule has 1 aromatic carbocycles. The first kappa shape index (κ1) is 14.3. The van der Waals surface area contributed by atoms with Crippen molar-refractivity contribution >= 4 is 27.5 Å². The molecule has 1 aromatic rings. The van der Waals surface area contributed by atoms with E-state index in [1.54, 1.807) is 18.2 Å². The molecule has 19 heavy (non-hydrogen) atoms. The van der Waals surface area contributed by atoms with Crippen molar-refractivity contribution < 1.29 is 14.6 Å². The first-order chi connectivity index (χ1) is 9.06. The largest absolute Gasteiger partial charge is 0.398 e. The van der Waals surface area contributed by atoms with Crippen LogP contribution in [0.15, 0.2) is 22.7 Å². The third kappa shape index (κ3) is 3.26. The third-order valence-electron chi connectivity index (χ3n) is 3.39. The van der Waals surface area contributed by atoms with Gasteiger partial charge in [0.05, 0.1) is 17.7 Å². The van der Waals surface area contributed by atoms with Gasteiger partial charge in [0.1, 0.15) is 0 Å². The standard InChI is InChI=1S/C13H17BrN2O3/c14-9-1-2-10(11(15)7-9)12(18)16-13(8-17)3-5-19-6-4-13/h1-2,7,17H,3-6,8,15H2,(H,16,18). The minimum Gasteiger partial charge on any atom is -0.398 e. The molecule has 1 fully saturated rings. The van der Waals surface area contributed by atoms with Crippen LogP contribution in [0.4, 0.5) is 5.69 Å². The number of ether oxygens (including phenoxy) is 1. The maximum absolute atomic E-state index is 12.3. The third-order valence-corrected chi connectivity index (χ3v) is 3.88. The van der Waals surface area contributed by atoms with Crippen LogP contribution in [0, 0.1) is 0 Å². The van der Waals surface area contributed by atoms with Crippen molar-refractivity contribution in [1.29, 1.82) is 0 Å². The molecule has 0 spiro atoms. The summed E-state index contributed by atoms with van der Waals surface area (Å²) >= 11 is 3.30. The first-order valence-electron chi connectivity index (χ1n) is 6.12. The highest BCUT2D eigenvalue weighted by Gasteiger charge is 2.34. The van der Waals surface area contributed by atoms with Crippen LogP contribution >= 0.6 is 15.9 Å². The van der Waals surface area contributed by atoms with Crippen molar-refractivity contribution in [1.82, 2.24) is 5.32 Å². The number of nitrogen functional groups attached to an aromatic ring is 1. The zero-order valence-electron chi connectivity index (χ0n) is 10.5. The summed E-state index contributed by atoms with van der Waals surface area (Å²) in [6.07, 6.45) is 1.21. The maximum atomic E-state index is 12.3. The molecule has 0 unspecified atom stereocenters. The fourth-order valence-electron chi connectivity index (χ4n) is 2.13. The van der Waals surface area contributed by atoms with Gasteiger partial charge in [-0.2, -0.15) is 0 Å². The zero-order valence-corrected chi connectivity index (χ0v) is 12.1. The lowest BCUT2D eigenvalue weighted by Crippen LogP contribution is -2.54. The Kier molecular flexibility index (Phi) is 4.44. The van der Waals surface area contributed by atoms with E-state index in [-0.39, 0.29) is 12.5 Å². The van der Waals surface area contributed by atoms with E-state index in [9.17, 15) is 9.90 Å². The normalized spacial score (nSPS) is 18.0. The van der Waals surface area contributed by atoms with Gasteiger partial charge in [-0.15, -0.1) is 0 Å². The maximum Gasteiger partial charge on any atom is 0.253 e. The molecule has 104 valence electrons. The fourth-order valence-corrected chi connectivity index (χ4v) is 2.51. The lowest BCUT2D eigenvalue weighted by atomic mass is 9.90. The number of anilines is 1. The van der Waals surface area contributed by atoms with Crippen LogP contribution < -0.4 is 11.1 Å². The summed E-state index contributed by atoms with van der Waals surface area (Å²) in [6.45, 7) is 0.978. The summed E-state index contributed by atoms with van der Waals surface area (Å²) in [5.74, 6) is -0.263. The van der Waals surface area contributed by atoms with E-state index in [1.165, 1.54) is 0 Å². The first-order valence-corrected chi connectivity index (χ1v) is 6.92. The van der Waals surface area contributed by atoms with E-state index < -0.39 is 5.54 Å². The van der Waals surface area contributed by atoms with E-state index in [1.807, 2.05) is 0 Å². The summed E-state index contributed by atoms with van der Waals surface area (Å²) in [7, 11) is 0. The second-order valence-corrected chi connectivity index (χ2v) is 5.65. The van der Waals surface area contributed by atoms with E-state index in [0.29, 0.717) is 37.3 Å². The van der Waals surface area contributed by atoms with Gasteiger partial charge < -0.3 is 20.9 Å². The topological polar surface area (TPSA) is 84.6 Å². The van der Waals surface area contributed by atoms with Gasteiger partial charge in [0.25, 0.3) is 5.91 Å². The average Bonchev–Trinajstić information content (AvgIpc) is 2.39. The van der Waals surface area contributed by atoms with Crippen molar-refractivity contribution in [3.05, 3.63) is 28.2 Å². The van der Waals surface area contributed by atoms with Gasteiger partial charge in [-0.05, 0) is 31.0 Å². The molecule has 1 aliphatic heterocycles. The van der Waals surface area contributed by atoms with E-state index in [0.717, 1.165) is 4.47 Å². The smallest absolute Gasteiger partial charge is 0.253 e. The molecule has 5 nitrogen and oxygen atoms in total. The quantitative estimate of drug-likeness (QED) is 0.730. The minimum atomic E-state index is -0.602. The van der Waals surface area contributed by atoms with Crippen LogP contribution in [0.1, 0.15) is 23.2 Å². The van der Waals surface area contributed by atoms with E-state index in [2.05, 4.69) is 21.2 Å². The summed E-state index contributed by atoms with van der Waals surface area (Å²) in [5.41, 5.74) is 6.06. The molecule has 0 saturated carbocycles. The number of carbonyl (C=O) groups excluding carboxylic acids is 1. The highest BCUT2D eigenvalue weighted by Crippen LogP contribution is 2.23. The second kappa shape index (κ2) is 5.90. The van der Waals surface area contributed by atoms with Gasteiger partial charge in [-0.3, -0.25) is 4.79 Å². The summed E-state index contributed by atoms with van der Waals surface area (Å²) < 4.78 is 6.08. The van der Waals surface area contributed by atoms with Crippen LogP contribution in [0.3, 0.4) is 0 Å². The molecule has 0 atom stereocenters. The Balaban J connectivity index is 2.15. The van der Waals surface area contributed by atoms with E-state index in [4.69, 9.17) is 10.5 Å². The molecule has 0 bridgehead atoms. The number of nitrogens with one attached hydrogen (secondary N) is 1. The van der Waals surface area contributed by atoms with Gasteiger partial charge in [-0.1, -0.05) is 15.9 Å². The highest BCUT2D eigenvalue weighted by atomic mass is 79.9. The molecule has 0 aromatic heterocycles. The van der Waals surface area contributed by atoms with Gasteiger partial charge in [0.15, 0.2) is 0 Å². The number of benzene rings is 1. The summed E-state index contributed by atoms with van der Waals surface area (Å²) in [6, 6.07) is 5.12. The van der Waals surface area contributed by atoms with Crippen LogP contribution in [-0.4, -0.2) is 36.4 Å². The molecule has 6 heteroatoms. The lowest BCUT2D eigenvalue weighted by Gasteiger charge is -2.36. The Morgan fingerprint density at radius 1 is 1.47 bits per heavy atom. The van der Waals surface area contributed by atoms with Crippen LogP contribution in [0.5, 0.6) is 0 Å². The number of nitrogens with two attached hydrogens (primary N) is 1. The van der Waals surface area contributed by atoms with Crippen LogP contribution in [0.2, 0.25) is 0 Å². The van der Waals surface area contributed by atoms with Crippen molar-refractivity contribution in [2.75, 3.05) is 25.6 Å². The monoisotopic (exact) mass is 328 g/mol. The molecular weight excluding hydrogens is 312 g/mol. The Hall–Kier alpha value is -1.11. The summed E-state index contributed by atoms with van der Waals surface area (Å²) in [5, 5.41) is 12.4. The second-order valence-electron chi connectivity index (χ2n) is 4.74. The molecule has 1 saturated heterocycles. The molecule has 0 radical (unpaired) electrons. The zero-order chi connectivity index (χ0) is 13.9. The Morgan fingerprint density at radius 3 is 2.74 bits per heavy atom. The Labute approximate surface area is 120 Å². The van der Waals surface area contributed by atoms with Crippen molar-refractivity contribution in [2.24, 2.45) is 0 Å². The van der Waals surface area contributed by atoms with Gasteiger partial charge in [0.2, 0.25) is 0 Å². The molecule has 1 heterocycles. The molecular formula is C13H17BrN2O3. The van der Waals surface area contributed by atoms with Crippen molar-refractivity contribution in [3.63, 3.8) is 0 Å². The number of aliphatic hydroxyl groups is 1. The van der Waals surface area contributed by atoms with Crippen molar-refractivity contribution in [2.45, 2.75) is 18.4 Å².